The Morgan fingerprint density at radius 3 is 2.60 bits per heavy atom. The van der Waals surface area contributed by atoms with E-state index in [1.165, 1.54) is 14.2 Å². The summed E-state index contributed by atoms with van der Waals surface area (Å²) in [5.74, 6) is -0.281. The molecule has 1 aromatic carbocycles. The van der Waals surface area contributed by atoms with Gasteiger partial charge in [0, 0.05) is 12.5 Å². The third kappa shape index (κ3) is 5.63. The van der Waals surface area contributed by atoms with E-state index in [-0.39, 0.29) is 23.8 Å². The lowest BCUT2D eigenvalue weighted by atomic mass is 10.1. The van der Waals surface area contributed by atoms with E-state index in [1.807, 2.05) is 0 Å². The smallest absolute Gasteiger partial charge is 0.306 e. The Labute approximate surface area is 146 Å². The average molecular weight is 371 g/mol. The number of methoxy groups -OCH3 is 2. The third-order valence-corrected chi connectivity index (χ3v) is 5.66. The van der Waals surface area contributed by atoms with Gasteiger partial charge in [-0.25, -0.2) is 8.42 Å². The first kappa shape index (κ1) is 19.0. The Kier molecular flexibility index (Phi) is 6.24. The Hall–Kier alpha value is -2.29. The molecular formula is C16H21NO7S. The van der Waals surface area contributed by atoms with Gasteiger partial charge in [-0.2, -0.15) is 0 Å². The van der Waals surface area contributed by atoms with Crippen LogP contribution in [0.4, 0.5) is 5.69 Å². The molecule has 0 aromatic heterocycles. The molecule has 1 fully saturated rings. The fourth-order valence-corrected chi connectivity index (χ4v) is 4.43. The van der Waals surface area contributed by atoms with Gasteiger partial charge in [0.05, 0.1) is 31.4 Å². The van der Waals surface area contributed by atoms with E-state index in [0.717, 1.165) is 0 Å². The van der Waals surface area contributed by atoms with E-state index in [4.69, 9.17) is 14.2 Å². The zero-order valence-corrected chi connectivity index (χ0v) is 14.9. The highest BCUT2D eigenvalue weighted by Gasteiger charge is 2.30. The number of carbonyl (C=O) groups is 2. The standard InChI is InChI=1S/C16H21NO7S/c1-22-12-3-4-14(23-2)13(8-12)17-15(18)9-24-16(19)7-11-5-6-25(20,21)10-11/h3-4,8,11H,5-7,9-10H2,1-2H3,(H,17,18)/t11-/m1/s1. The van der Waals surface area contributed by atoms with Gasteiger partial charge in [0.2, 0.25) is 0 Å². The first-order valence-corrected chi connectivity index (χ1v) is 9.53. The number of hydrogen-bond donors (Lipinski definition) is 1. The van der Waals surface area contributed by atoms with Crippen LogP contribution < -0.4 is 14.8 Å². The molecule has 9 heteroatoms. The van der Waals surface area contributed by atoms with Gasteiger partial charge in [0.1, 0.15) is 11.5 Å². The molecule has 1 aliphatic rings. The van der Waals surface area contributed by atoms with Gasteiger partial charge in [-0.15, -0.1) is 0 Å². The number of benzene rings is 1. The lowest BCUT2D eigenvalue weighted by Crippen LogP contribution is -2.22. The Balaban J connectivity index is 1.83. The number of nitrogens with one attached hydrogen (secondary N) is 1. The van der Waals surface area contributed by atoms with Crippen LogP contribution in [0.3, 0.4) is 0 Å². The molecule has 25 heavy (non-hydrogen) atoms. The number of carbonyl (C=O) groups excluding carboxylic acids is 2. The fourth-order valence-electron chi connectivity index (χ4n) is 2.57. The zero-order valence-electron chi connectivity index (χ0n) is 14.1. The predicted octanol–water partition coefficient (Wildman–Crippen LogP) is 1.01. The summed E-state index contributed by atoms with van der Waals surface area (Å²) in [6.07, 6.45) is 0.444. The van der Waals surface area contributed by atoms with Crippen molar-refractivity contribution in [1.82, 2.24) is 0 Å². The van der Waals surface area contributed by atoms with Crippen LogP contribution in [0.1, 0.15) is 12.8 Å². The zero-order chi connectivity index (χ0) is 18.4. The SMILES string of the molecule is COc1ccc(OC)c(NC(=O)COC(=O)C[C@H]2CCS(=O)(=O)C2)c1. The van der Waals surface area contributed by atoms with Crippen molar-refractivity contribution in [1.29, 1.82) is 0 Å². The topological polar surface area (TPSA) is 108 Å². The molecule has 1 saturated heterocycles. The molecule has 1 heterocycles. The van der Waals surface area contributed by atoms with Gasteiger partial charge < -0.3 is 19.5 Å². The lowest BCUT2D eigenvalue weighted by molar-refractivity contribution is -0.148. The van der Waals surface area contributed by atoms with Gasteiger partial charge in [0.25, 0.3) is 5.91 Å². The van der Waals surface area contributed by atoms with E-state index in [2.05, 4.69) is 5.32 Å². The molecule has 1 aliphatic heterocycles. The summed E-state index contributed by atoms with van der Waals surface area (Å²) in [7, 11) is -0.0764. The van der Waals surface area contributed by atoms with Crippen LogP contribution in [-0.2, 0) is 24.2 Å². The second-order valence-electron chi connectivity index (χ2n) is 5.75. The Morgan fingerprint density at radius 1 is 1.24 bits per heavy atom. The monoisotopic (exact) mass is 371 g/mol. The average Bonchev–Trinajstić information content (AvgIpc) is 2.91. The summed E-state index contributed by atoms with van der Waals surface area (Å²) >= 11 is 0. The van der Waals surface area contributed by atoms with Crippen molar-refractivity contribution in [3.63, 3.8) is 0 Å². The van der Waals surface area contributed by atoms with Crippen molar-refractivity contribution in [2.24, 2.45) is 5.92 Å². The summed E-state index contributed by atoms with van der Waals surface area (Å²) < 4.78 is 37.9. The molecule has 8 nitrogen and oxygen atoms in total. The number of hydrogen-bond acceptors (Lipinski definition) is 7. The van der Waals surface area contributed by atoms with Crippen molar-refractivity contribution in [3.05, 3.63) is 18.2 Å². The molecule has 138 valence electrons. The maximum atomic E-state index is 11.9. The molecule has 1 N–H and O–H groups in total. The van der Waals surface area contributed by atoms with Crippen molar-refractivity contribution in [2.45, 2.75) is 12.8 Å². The van der Waals surface area contributed by atoms with Crippen LogP contribution in [0, 0.1) is 5.92 Å². The molecule has 0 aliphatic carbocycles. The minimum absolute atomic E-state index is 0.00466. The number of sulfone groups is 1. The molecule has 0 saturated carbocycles. The summed E-state index contributed by atoms with van der Waals surface area (Å²) in [4.78, 5) is 23.7. The summed E-state index contributed by atoms with van der Waals surface area (Å²) in [5, 5.41) is 2.58. The van der Waals surface area contributed by atoms with Crippen molar-refractivity contribution in [2.75, 3.05) is 37.6 Å². The van der Waals surface area contributed by atoms with E-state index in [1.54, 1.807) is 18.2 Å². The Bertz CT molecular complexity index is 745. The first-order valence-electron chi connectivity index (χ1n) is 7.71. The van der Waals surface area contributed by atoms with Gasteiger partial charge in [-0.1, -0.05) is 0 Å². The molecule has 0 bridgehead atoms. The highest BCUT2D eigenvalue weighted by Crippen LogP contribution is 2.28. The number of ether oxygens (including phenoxy) is 3. The highest BCUT2D eigenvalue weighted by molar-refractivity contribution is 7.91. The number of amides is 1. The predicted molar refractivity (Wildman–Crippen MR) is 90.5 cm³/mol. The summed E-state index contributed by atoms with van der Waals surface area (Å²) in [6.45, 7) is -0.460. The normalized spacial score (nSPS) is 18.4. The van der Waals surface area contributed by atoms with Crippen LogP contribution in [-0.4, -0.2) is 52.6 Å². The number of anilines is 1. The van der Waals surface area contributed by atoms with Gasteiger partial charge in [-0.3, -0.25) is 9.59 Å². The van der Waals surface area contributed by atoms with Crippen LogP contribution in [0.2, 0.25) is 0 Å². The second-order valence-corrected chi connectivity index (χ2v) is 7.98. The molecule has 1 amide bonds. The minimum Gasteiger partial charge on any atom is -0.497 e. The molecule has 1 aromatic rings. The molecule has 0 spiro atoms. The molecular weight excluding hydrogens is 350 g/mol. The summed E-state index contributed by atoms with van der Waals surface area (Å²) in [6, 6.07) is 4.91. The largest absolute Gasteiger partial charge is 0.497 e. The molecule has 0 unspecified atom stereocenters. The lowest BCUT2D eigenvalue weighted by Gasteiger charge is -2.12. The van der Waals surface area contributed by atoms with E-state index in [9.17, 15) is 18.0 Å². The van der Waals surface area contributed by atoms with Crippen LogP contribution in [0.5, 0.6) is 11.5 Å². The first-order chi connectivity index (χ1) is 11.8. The minimum atomic E-state index is -3.04. The van der Waals surface area contributed by atoms with Crippen LogP contribution in [0.15, 0.2) is 18.2 Å². The van der Waals surface area contributed by atoms with Gasteiger partial charge in [0.15, 0.2) is 16.4 Å². The molecule has 0 radical (unpaired) electrons. The fraction of sp³-hybridized carbons (Fsp3) is 0.500. The number of rotatable bonds is 7. The van der Waals surface area contributed by atoms with E-state index >= 15 is 0 Å². The maximum Gasteiger partial charge on any atom is 0.306 e. The van der Waals surface area contributed by atoms with Crippen molar-refractivity contribution >= 4 is 27.4 Å². The van der Waals surface area contributed by atoms with Gasteiger partial charge in [-0.05, 0) is 24.5 Å². The third-order valence-electron chi connectivity index (χ3n) is 3.83. The van der Waals surface area contributed by atoms with E-state index in [0.29, 0.717) is 23.6 Å². The van der Waals surface area contributed by atoms with Crippen LogP contribution >= 0.6 is 0 Å². The van der Waals surface area contributed by atoms with Crippen molar-refractivity contribution in [3.8, 4) is 11.5 Å². The van der Waals surface area contributed by atoms with Gasteiger partial charge >= 0.3 is 5.97 Å². The van der Waals surface area contributed by atoms with E-state index < -0.39 is 28.3 Å². The molecule has 1 atom stereocenters. The maximum absolute atomic E-state index is 11.9. The highest BCUT2D eigenvalue weighted by atomic mass is 32.2. The Morgan fingerprint density at radius 2 is 2.00 bits per heavy atom. The second kappa shape index (κ2) is 8.19. The van der Waals surface area contributed by atoms with Crippen molar-refractivity contribution < 1.29 is 32.2 Å². The quantitative estimate of drug-likeness (QED) is 0.713. The molecule has 2 rings (SSSR count). The van der Waals surface area contributed by atoms with Crippen LogP contribution in [0.25, 0.3) is 0 Å². The number of esters is 1. The summed E-state index contributed by atoms with van der Waals surface area (Å²) in [5.41, 5.74) is 0.393.